The van der Waals surface area contributed by atoms with E-state index >= 15 is 0 Å². The molecular weight excluding hydrogens is 767 g/mol. The Morgan fingerprint density at radius 3 is 1.29 bits per heavy atom. The summed E-state index contributed by atoms with van der Waals surface area (Å²) < 4.78 is 13.6. The van der Waals surface area contributed by atoms with Gasteiger partial charge in [-0.15, -0.1) is 0 Å². The smallest absolute Gasteiger partial charge is 0.145 e. The lowest BCUT2D eigenvalue weighted by Gasteiger charge is -2.27. The van der Waals surface area contributed by atoms with Crippen molar-refractivity contribution in [2.24, 2.45) is 0 Å². The molecule has 0 atom stereocenters. The van der Waals surface area contributed by atoms with Gasteiger partial charge in [-0.2, -0.15) is 0 Å². The van der Waals surface area contributed by atoms with Crippen LogP contribution in [0.5, 0.6) is 0 Å². The summed E-state index contributed by atoms with van der Waals surface area (Å²) in [5.41, 5.74) is 17.9. The van der Waals surface area contributed by atoms with Crippen molar-refractivity contribution in [1.29, 1.82) is 0 Å². The molecule has 0 bridgehead atoms. The van der Waals surface area contributed by atoms with E-state index in [0.29, 0.717) is 0 Å². The number of anilines is 3. The predicted molar refractivity (Wildman–Crippen MR) is 263 cm³/mol. The fraction of sp³-hybridized carbons (Fsp3) is 0. The molecule has 0 aliphatic heterocycles. The lowest BCUT2D eigenvalue weighted by molar-refractivity contribution is 0.669. The lowest BCUT2D eigenvalue weighted by atomic mass is 9.98. The Bertz CT molecular complexity index is 3570. The van der Waals surface area contributed by atoms with E-state index in [2.05, 4.69) is 235 Å². The maximum atomic E-state index is 7.00. The van der Waals surface area contributed by atoms with Gasteiger partial charge in [-0.1, -0.05) is 170 Å². The van der Waals surface area contributed by atoms with Gasteiger partial charge in [0.05, 0.1) is 11.1 Å². The number of benzene rings is 10. The van der Waals surface area contributed by atoms with E-state index in [-0.39, 0.29) is 0 Å². The van der Waals surface area contributed by atoms with Crippen molar-refractivity contribution in [3.05, 3.63) is 237 Å². The summed E-state index contributed by atoms with van der Waals surface area (Å²) in [4.78, 5) is 2.37. The van der Waals surface area contributed by atoms with Crippen molar-refractivity contribution in [3.8, 4) is 55.6 Å². The molecule has 0 fully saturated rings. The van der Waals surface area contributed by atoms with Gasteiger partial charge in [0.2, 0.25) is 0 Å². The summed E-state index contributed by atoms with van der Waals surface area (Å²) in [6.07, 6.45) is 0. The second-order valence-electron chi connectivity index (χ2n) is 16.1. The van der Waals surface area contributed by atoms with Crippen LogP contribution in [0.25, 0.3) is 99.5 Å². The fourth-order valence-corrected chi connectivity index (χ4v) is 9.13. The fourth-order valence-electron chi connectivity index (χ4n) is 9.13. The maximum Gasteiger partial charge on any atom is 0.145 e. The molecule has 2 heterocycles. The highest BCUT2D eigenvalue weighted by Crippen LogP contribution is 2.48. The first-order valence-corrected chi connectivity index (χ1v) is 21.4. The lowest BCUT2D eigenvalue weighted by Crippen LogP contribution is -2.10. The third kappa shape index (κ3) is 6.55. The largest absolute Gasteiger partial charge is 0.456 e. The van der Waals surface area contributed by atoms with Crippen molar-refractivity contribution >= 4 is 60.9 Å². The van der Waals surface area contributed by atoms with Crippen molar-refractivity contribution in [2.45, 2.75) is 0 Å². The van der Waals surface area contributed by atoms with Gasteiger partial charge in [-0.25, -0.2) is 0 Å². The molecule has 0 amide bonds. The highest BCUT2D eigenvalue weighted by molar-refractivity contribution is 6.18. The van der Waals surface area contributed by atoms with E-state index in [0.717, 1.165) is 99.9 Å². The van der Waals surface area contributed by atoms with Crippen LogP contribution in [0.15, 0.2) is 245 Å². The first-order valence-electron chi connectivity index (χ1n) is 21.4. The van der Waals surface area contributed by atoms with Gasteiger partial charge >= 0.3 is 0 Å². The number of hydrogen-bond acceptors (Lipinski definition) is 3. The summed E-state index contributed by atoms with van der Waals surface area (Å²) >= 11 is 0. The van der Waals surface area contributed by atoms with E-state index in [1.165, 1.54) is 16.7 Å². The van der Waals surface area contributed by atoms with Gasteiger partial charge in [-0.3, -0.25) is 0 Å². The van der Waals surface area contributed by atoms with Crippen molar-refractivity contribution < 1.29 is 8.83 Å². The zero-order chi connectivity index (χ0) is 41.7. The minimum atomic E-state index is 0.843. The number of rotatable bonds is 8. The molecule has 0 radical (unpaired) electrons. The molecule has 3 heteroatoms. The van der Waals surface area contributed by atoms with Crippen molar-refractivity contribution in [1.82, 2.24) is 0 Å². The van der Waals surface area contributed by atoms with Gasteiger partial charge < -0.3 is 13.7 Å². The number of fused-ring (bicyclic) bond motifs is 6. The summed E-state index contributed by atoms with van der Waals surface area (Å²) in [6.45, 7) is 0. The molecule has 63 heavy (non-hydrogen) atoms. The molecular formula is C60H39NO2. The molecule has 0 aliphatic carbocycles. The average Bonchev–Trinajstić information content (AvgIpc) is 3.93. The van der Waals surface area contributed by atoms with E-state index in [1.54, 1.807) is 0 Å². The van der Waals surface area contributed by atoms with Crippen molar-refractivity contribution in [3.63, 3.8) is 0 Å². The van der Waals surface area contributed by atoms with E-state index < -0.39 is 0 Å². The van der Waals surface area contributed by atoms with E-state index in [4.69, 9.17) is 8.83 Å². The highest BCUT2D eigenvalue weighted by Gasteiger charge is 2.24. The number of hydrogen-bond donors (Lipinski definition) is 0. The maximum absolute atomic E-state index is 7.00. The zero-order valence-electron chi connectivity index (χ0n) is 34.3. The van der Waals surface area contributed by atoms with Crippen LogP contribution in [0.3, 0.4) is 0 Å². The van der Waals surface area contributed by atoms with Gasteiger partial charge in [0.25, 0.3) is 0 Å². The second kappa shape index (κ2) is 15.3. The topological polar surface area (TPSA) is 29.5 Å². The van der Waals surface area contributed by atoms with Crippen molar-refractivity contribution in [2.75, 3.05) is 4.90 Å². The normalized spacial score (nSPS) is 11.5. The highest BCUT2D eigenvalue weighted by atomic mass is 16.3. The van der Waals surface area contributed by atoms with E-state index in [9.17, 15) is 0 Å². The Labute approximate surface area is 365 Å². The van der Waals surface area contributed by atoms with Crippen LogP contribution in [0.2, 0.25) is 0 Å². The van der Waals surface area contributed by atoms with Crippen LogP contribution in [0, 0.1) is 0 Å². The van der Waals surface area contributed by atoms with Crippen LogP contribution < -0.4 is 4.90 Å². The molecule has 3 nitrogen and oxygen atoms in total. The van der Waals surface area contributed by atoms with Crippen LogP contribution in [0.1, 0.15) is 0 Å². The molecule has 12 aromatic rings. The molecule has 0 spiro atoms. The molecule has 296 valence electrons. The first-order chi connectivity index (χ1) is 31.2. The van der Waals surface area contributed by atoms with Crippen LogP contribution in [0.4, 0.5) is 17.1 Å². The molecule has 0 aliphatic rings. The summed E-state index contributed by atoms with van der Waals surface area (Å²) in [5, 5.41) is 4.24. The predicted octanol–water partition coefficient (Wildman–Crippen LogP) is 17.3. The molecule has 0 unspecified atom stereocenters. The van der Waals surface area contributed by atoms with Gasteiger partial charge in [0.1, 0.15) is 22.3 Å². The first kappa shape index (κ1) is 36.5. The SMILES string of the molecule is c1ccc(-c2ccc(-c3ccc(N(c4ccc5oc6cc(-c7ccccc7)ccc6c5c4)c4ccc(-c5ccccc5)c5oc6cc(-c7ccccc7)ccc6c45)cc3)cc2)cc1. The standard InChI is InChI=1S/C60H39NO2/c1-5-13-40(14-6-1)43-21-23-44(24-22-43)45-25-29-49(30-26-45)61(50-31-36-56-54(39-50)52-32-27-47(37-57(52)62-56)41-15-7-2-8-16-41)55-35-34-51(46-19-11-4-12-20-46)60-59(55)53-33-28-48(38-58(53)63-60)42-17-9-3-10-18-42/h1-39H. The number of nitrogens with zero attached hydrogens (tertiary/aromatic N) is 1. The van der Waals surface area contributed by atoms with Crippen LogP contribution >= 0.6 is 0 Å². The van der Waals surface area contributed by atoms with Gasteiger partial charge in [0.15, 0.2) is 0 Å². The monoisotopic (exact) mass is 805 g/mol. The second-order valence-corrected chi connectivity index (χ2v) is 16.1. The minimum absolute atomic E-state index is 0.843. The quantitative estimate of drug-likeness (QED) is 0.153. The Hall–Kier alpha value is -8.40. The molecule has 0 N–H and O–H groups in total. The zero-order valence-corrected chi connectivity index (χ0v) is 34.3. The minimum Gasteiger partial charge on any atom is -0.456 e. The Balaban J connectivity index is 1.05. The van der Waals surface area contributed by atoms with Crippen LogP contribution in [-0.4, -0.2) is 0 Å². The Morgan fingerprint density at radius 2 is 0.714 bits per heavy atom. The third-order valence-corrected chi connectivity index (χ3v) is 12.3. The molecule has 12 rings (SSSR count). The van der Waals surface area contributed by atoms with Gasteiger partial charge in [0, 0.05) is 33.1 Å². The molecule has 10 aromatic carbocycles. The summed E-state index contributed by atoms with van der Waals surface area (Å²) in [5.74, 6) is 0. The summed E-state index contributed by atoms with van der Waals surface area (Å²) in [7, 11) is 0. The third-order valence-electron chi connectivity index (χ3n) is 12.3. The molecule has 0 saturated carbocycles. The Kier molecular flexibility index (Phi) is 8.83. The number of furan rings is 2. The summed E-state index contributed by atoms with van der Waals surface area (Å²) in [6, 6.07) is 83.9. The Morgan fingerprint density at radius 1 is 0.270 bits per heavy atom. The van der Waals surface area contributed by atoms with E-state index in [1.807, 2.05) is 6.07 Å². The molecule has 2 aromatic heterocycles. The van der Waals surface area contributed by atoms with Crippen LogP contribution in [-0.2, 0) is 0 Å². The average molecular weight is 806 g/mol. The van der Waals surface area contributed by atoms with Gasteiger partial charge in [-0.05, 0) is 117 Å². The molecule has 0 saturated heterocycles.